The minimum absolute atomic E-state index is 0.699. The Labute approximate surface area is 128 Å². The summed E-state index contributed by atoms with van der Waals surface area (Å²) in [4.78, 5) is 0. The van der Waals surface area contributed by atoms with Crippen LogP contribution in [-0.2, 0) is 0 Å². The Hall–Kier alpha value is -2.26. The van der Waals surface area contributed by atoms with Gasteiger partial charge in [0.2, 0.25) is 0 Å². The largest absolute Gasteiger partial charge is 0.338 e. The Morgan fingerprint density at radius 1 is 1.24 bits per heavy atom. The van der Waals surface area contributed by atoms with Crippen LogP contribution in [0.15, 0.2) is 48.5 Å². The molecule has 0 unspecified atom stereocenters. The van der Waals surface area contributed by atoms with Gasteiger partial charge in [0, 0.05) is 21.7 Å². The summed E-state index contributed by atoms with van der Waals surface area (Å²) < 4.78 is 0. The van der Waals surface area contributed by atoms with Gasteiger partial charge >= 0.3 is 0 Å². The van der Waals surface area contributed by atoms with Gasteiger partial charge < -0.3 is 5.32 Å². The maximum absolute atomic E-state index is 6.01. The molecule has 3 nitrogen and oxygen atoms in total. The highest BCUT2D eigenvalue weighted by atomic mass is 35.5. The monoisotopic (exact) mass is 297 g/mol. The normalized spacial score (nSPS) is 11.9. The molecule has 0 aliphatic heterocycles. The number of aromatic amines is 1. The minimum atomic E-state index is 0.699. The summed E-state index contributed by atoms with van der Waals surface area (Å²) in [6.07, 6.45) is 2.10. The first-order valence-corrected chi connectivity index (χ1v) is 7.20. The maximum Gasteiger partial charge on any atom is 0.160 e. The van der Waals surface area contributed by atoms with Crippen molar-refractivity contribution in [3.63, 3.8) is 0 Å². The van der Waals surface area contributed by atoms with Crippen LogP contribution < -0.4 is 5.32 Å². The predicted molar refractivity (Wildman–Crippen MR) is 90.2 cm³/mol. The third-order valence-electron chi connectivity index (χ3n) is 3.54. The number of allylic oxidation sites excluding steroid dienone is 2. The molecule has 3 aromatic rings. The Bertz CT molecular complexity index is 818. The summed E-state index contributed by atoms with van der Waals surface area (Å²) in [5.41, 5.74) is 4.35. The van der Waals surface area contributed by atoms with Crippen LogP contribution in [0.3, 0.4) is 0 Å². The predicted octanol–water partition coefficient (Wildman–Crippen LogP) is 5.38. The molecule has 0 spiro atoms. The average Bonchev–Trinajstić information content (AvgIpc) is 2.90. The van der Waals surface area contributed by atoms with E-state index in [-0.39, 0.29) is 0 Å². The molecule has 0 atom stereocenters. The molecule has 0 amide bonds. The topological polar surface area (TPSA) is 40.7 Å². The number of fused-ring (bicyclic) bond motifs is 1. The molecule has 4 heteroatoms. The van der Waals surface area contributed by atoms with E-state index in [9.17, 15) is 0 Å². The second kappa shape index (κ2) is 5.62. The van der Waals surface area contributed by atoms with Gasteiger partial charge in [0.05, 0.1) is 5.52 Å². The zero-order chi connectivity index (χ0) is 14.8. The summed E-state index contributed by atoms with van der Waals surface area (Å²) in [5, 5.41) is 12.6. The average molecular weight is 298 g/mol. The van der Waals surface area contributed by atoms with Crippen molar-refractivity contribution in [1.29, 1.82) is 0 Å². The number of anilines is 2. The van der Waals surface area contributed by atoms with E-state index in [1.165, 1.54) is 11.1 Å². The zero-order valence-corrected chi connectivity index (χ0v) is 12.7. The molecule has 2 N–H and O–H groups in total. The molecule has 2 aromatic carbocycles. The lowest BCUT2D eigenvalue weighted by atomic mass is 10.0. The van der Waals surface area contributed by atoms with Crippen molar-refractivity contribution in [3.8, 4) is 0 Å². The second-order valence-corrected chi connectivity index (χ2v) is 5.34. The highest BCUT2D eigenvalue weighted by Gasteiger charge is 2.10. The first-order valence-electron chi connectivity index (χ1n) is 6.82. The van der Waals surface area contributed by atoms with Crippen molar-refractivity contribution >= 4 is 39.6 Å². The number of aromatic nitrogens is 2. The number of hydrogen-bond acceptors (Lipinski definition) is 2. The molecule has 0 radical (unpaired) electrons. The number of nitrogens with one attached hydrogen (secondary N) is 2. The van der Waals surface area contributed by atoms with Crippen molar-refractivity contribution < 1.29 is 0 Å². The van der Waals surface area contributed by atoms with Crippen LogP contribution in [-0.4, -0.2) is 10.2 Å². The van der Waals surface area contributed by atoms with Crippen molar-refractivity contribution in [1.82, 2.24) is 10.2 Å². The van der Waals surface area contributed by atoms with Crippen LogP contribution in [0, 0.1) is 0 Å². The maximum atomic E-state index is 6.01. The van der Waals surface area contributed by atoms with Gasteiger partial charge in [0.25, 0.3) is 0 Å². The van der Waals surface area contributed by atoms with Crippen LogP contribution >= 0.6 is 11.6 Å². The Balaban J connectivity index is 2.05. The first kappa shape index (κ1) is 13.7. The molecule has 21 heavy (non-hydrogen) atoms. The Kier molecular flexibility index (Phi) is 3.67. The highest BCUT2D eigenvalue weighted by Crippen LogP contribution is 2.29. The first-order chi connectivity index (χ1) is 10.2. The van der Waals surface area contributed by atoms with Crippen molar-refractivity contribution in [2.75, 3.05) is 5.32 Å². The lowest BCUT2D eigenvalue weighted by Crippen LogP contribution is -1.90. The van der Waals surface area contributed by atoms with E-state index in [0.29, 0.717) is 5.02 Å². The van der Waals surface area contributed by atoms with E-state index in [1.54, 1.807) is 0 Å². The number of para-hydroxylation sites is 1. The quantitative estimate of drug-likeness (QED) is 0.681. The number of halogens is 1. The van der Waals surface area contributed by atoms with E-state index >= 15 is 0 Å². The number of hydrogen-bond donors (Lipinski definition) is 2. The molecule has 0 fully saturated rings. The van der Waals surface area contributed by atoms with E-state index in [0.717, 1.165) is 22.4 Å². The Morgan fingerprint density at radius 3 is 2.81 bits per heavy atom. The molecule has 0 bridgehead atoms. The molecule has 1 heterocycles. The number of benzene rings is 2. The number of rotatable bonds is 3. The highest BCUT2D eigenvalue weighted by molar-refractivity contribution is 6.30. The van der Waals surface area contributed by atoms with Crippen LogP contribution in [0.5, 0.6) is 0 Å². The standard InChI is InChI=1S/C17H16ClN3/c1-3-11(2)14-8-5-9-15-16(14)20-21-17(15)19-13-7-4-6-12(18)10-13/h3-10H,1-2H3,(H2,19,20,21)/b11-3-. The summed E-state index contributed by atoms with van der Waals surface area (Å²) in [6, 6.07) is 13.8. The summed E-state index contributed by atoms with van der Waals surface area (Å²) >= 11 is 6.01. The lowest BCUT2D eigenvalue weighted by molar-refractivity contribution is 1.12. The summed E-state index contributed by atoms with van der Waals surface area (Å²) in [6.45, 7) is 4.13. The van der Waals surface area contributed by atoms with Crippen LogP contribution in [0.25, 0.3) is 16.5 Å². The minimum Gasteiger partial charge on any atom is -0.338 e. The van der Waals surface area contributed by atoms with Gasteiger partial charge in [-0.15, -0.1) is 0 Å². The van der Waals surface area contributed by atoms with E-state index in [4.69, 9.17) is 11.6 Å². The van der Waals surface area contributed by atoms with E-state index < -0.39 is 0 Å². The second-order valence-electron chi connectivity index (χ2n) is 4.91. The van der Waals surface area contributed by atoms with Gasteiger partial charge in [-0.3, -0.25) is 5.10 Å². The fourth-order valence-electron chi connectivity index (χ4n) is 2.32. The fraction of sp³-hybridized carbons (Fsp3) is 0.118. The SMILES string of the molecule is C/C=C(/C)c1cccc2c(Nc3cccc(Cl)c3)n[nH]c12. The van der Waals surface area contributed by atoms with Crippen LogP contribution in [0.1, 0.15) is 19.4 Å². The lowest BCUT2D eigenvalue weighted by Gasteiger charge is -2.05. The molecule has 106 valence electrons. The number of nitrogens with zero attached hydrogens (tertiary/aromatic N) is 1. The third kappa shape index (κ3) is 2.65. The molecular weight excluding hydrogens is 282 g/mol. The van der Waals surface area contributed by atoms with Gasteiger partial charge in [0.1, 0.15) is 0 Å². The van der Waals surface area contributed by atoms with Gasteiger partial charge in [-0.2, -0.15) is 5.10 Å². The van der Waals surface area contributed by atoms with Crippen LogP contribution in [0.4, 0.5) is 11.5 Å². The molecule has 0 saturated heterocycles. The molecular formula is C17H16ClN3. The molecule has 1 aromatic heterocycles. The molecule has 0 aliphatic rings. The van der Waals surface area contributed by atoms with Crippen LogP contribution in [0.2, 0.25) is 5.02 Å². The van der Waals surface area contributed by atoms with Crippen molar-refractivity contribution in [2.24, 2.45) is 0 Å². The smallest absolute Gasteiger partial charge is 0.160 e. The molecule has 3 rings (SSSR count). The van der Waals surface area contributed by atoms with Crippen molar-refractivity contribution in [3.05, 3.63) is 59.1 Å². The van der Waals surface area contributed by atoms with Gasteiger partial charge in [-0.05, 0) is 43.7 Å². The summed E-state index contributed by atoms with van der Waals surface area (Å²) in [7, 11) is 0. The van der Waals surface area contributed by atoms with Gasteiger partial charge in [-0.1, -0.05) is 35.9 Å². The van der Waals surface area contributed by atoms with Gasteiger partial charge in [-0.25, -0.2) is 0 Å². The zero-order valence-electron chi connectivity index (χ0n) is 11.9. The number of H-pyrrole nitrogens is 1. The summed E-state index contributed by atoms with van der Waals surface area (Å²) in [5.74, 6) is 0.804. The van der Waals surface area contributed by atoms with Gasteiger partial charge in [0.15, 0.2) is 5.82 Å². The molecule has 0 saturated carbocycles. The third-order valence-corrected chi connectivity index (χ3v) is 3.78. The Morgan fingerprint density at radius 2 is 2.05 bits per heavy atom. The van der Waals surface area contributed by atoms with E-state index in [2.05, 4.69) is 40.6 Å². The molecule has 0 aliphatic carbocycles. The fourth-order valence-corrected chi connectivity index (χ4v) is 2.51. The van der Waals surface area contributed by atoms with E-state index in [1.807, 2.05) is 37.3 Å². The van der Waals surface area contributed by atoms with Crippen molar-refractivity contribution in [2.45, 2.75) is 13.8 Å².